The number of thioether (sulfide) groups is 1. The van der Waals surface area contributed by atoms with E-state index in [-0.39, 0.29) is 11.2 Å². The van der Waals surface area contributed by atoms with Crippen LogP contribution in [-0.2, 0) is 11.4 Å². The monoisotopic (exact) mass is 377 g/mol. The van der Waals surface area contributed by atoms with Gasteiger partial charge in [0.05, 0.1) is 10.9 Å². The van der Waals surface area contributed by atoms with E-state index in [1.807, 2.05) is 78.9 Å². The average molecular weight is 377 g/mol. The highest BCUT2D eigenvalue weighted by Gasteiger charge is 2.32. The van der Waals surface area contributed by atoms with Gasteiger partial charge in [0.15, 0.2) is 0 Å². The Kier molecular flexibility index (Phi) is 5.14. The zero-order chi connectivity index (χ0) is 18.6. The molecule has 3 aromatic carbocycles. The van der Waals surface area contributed by atoms with Crippen LogP contribution in [0.25, 0.3) is 0 Å². The molecular formula is C22H19NO3S. The largest absolute Gasteiger partial charge is 0.489 e. The molecule has 0 radical (unpaired) electrons. The quantitative estimate of drug-likeness (QED) is 0.707. The van der Waals surface area contributed by atoms with Gasteiger partial charge in [0.2, 0.25) is 0 Å². The smallest absolute Gasteiger partial charge is 0.254 e. The van der Waals surface area contributed by atoms with E-state index in [4.69, 9.17) is 4.74 Å². The third kappa shape index (κ3) is 3.99. The van der Waals surface area contributed by atoms with Gasteiger partial charge in [-0.3, -0.25) is 4.79 Å². The van der Waals surface area contributed by atoms with Crippen molar-refractivity contribution in [3.05, 3.63) is 90.0 Å². The van der Waals surface area contributed by atoms with Crippen LogP contribution in [0.1, 0.15) is 16.4 Å². The first-order valence-electron chi connectivity index (χ1n) is 8.72. The van der Waals surface area contributed by atoms with Crippen molar-refractivity contribution >= 4 is 23.4 Å². The SMILES string of the molecule is O=C1Nc2ccccc2S[C@H](c2ccc(OCc3ccccc3)cc2)[C@@H]1O. The molecule has 0 unspecified atom stereocenters. The van der Waals surface area contributed by atoms with E-state index < -0.39 is 6.10 Å². The van der Waals surface area contributed by atoms with E-state index in [2.05, 4.69) is 5.32 Å². The van der Waals surface area contributed by atoms with Crippen LogP contribution >= 0.6 is 11.8 Å². The molecule has 0 bridgehead atoms. The summed E-state index contributed by atoms with van der Waals surface area (Å²) in [5.74, 6) is 0.363. The molecule has 4 nitrogen and oxygen atoms in total. The number of rotatable bonds is 4. The summed E-state index contributed by atoms with van der Waals surface area (Å²) in [4.78, 5) is 13.2. The van der Waals surface area contributed by atoms with Gasteiger partial charge in [-0.05, 0) is 35.4 Å². The average Bonchev–Trinajstić information content (AvgIpc) is 2.84. The van der Waals surface area contributed by atoms with Gasteiger partial charge >= 0.3 is 0 Å². The van der Waals surface area contributed by atoms with Gasteiger partial charge in [-0.2, -0.15) is 0 Å². The maximum atomic E-state index is 12.3. The normalized spacial score (nSPS) is 18.9. The maximum absolute atomic E-state index is 12.3. The first kappa shape index (κ1) is 17.6. The number of benzene rings is 3. The number of fused-ring (bicyclic) bond motifs is 1. The van der Waals surface area contributed by atoms with Crippen molar-refractivity contribution in [2.24, 2.45) is 0 Å². The van der Waals surface area contributed by atoms with Crippen molar-refractivity contribution in [1.82, 2.24) is 0 Å². The fraction of sp³-hybridized carbons (Fsp3) is 0.136. The molecule has 2 N–H and O–H groups in total. The minimum absolute atomic E-state index is 0.378. The summed E-state index contributed by atoms with van der Waals surface area (Å²) >= 11 is 1.48. The Morgan fingerprint density at radius 2 is 1.63 bits per heavy atom. The molecule has 0 saturated heterocycles. The fourth-order valence-electron chi connectivity index (χ4n) is 2.96. The predicted octanol–water partition coefficient (Wildman–Crippen LogP) is 4.41. The summed E-state index contributed by atoms with van der Waals surface area (Å²) in [6.07, 6.45) is -1.13. The highest BCUT2D eigenvalue weighted by atomic mass is 32.2. The number of hydrogen-bond donors (Lipinski definition) is 2. The van der Waals surface area contributed by atoms with Crippen LogP contribution in [0.3, 0.4) is 0 Å². The number of para-hydroxylation sites is 1. The van der Waals surface area contributed by atoms with E-state index >= 15 is 0 Å². The first-order valence-corrected chi connectivity index (χ1v) is 9.60. The van der Waals surface area contributed by atoms with Gasteiger partial charge < -0.3 is 15.2 Å². The van der Waals surface area contributed by atoms with Crippen molar-refractivity contribution < 1.29 is 14.6 Å². The number of hydrogen-bond acceptors (Lipinski definition) is 4. The van der Waals surface area contributed by atoms with Gasteiger partial charge in [-0.1, -0.05) is 54.6 Å². The number of carbonyl (C=O) groups is 1. The Morgan fingerprint density at radius 3 is 2.41 bits per heavy atom. The number of ether oxygens (including phenoxy) is 1. The fourth-order valence-corrected chi connectivity index (χ4v) is 4.19. The van der Waals surface area contributed by atoms with Crippen molar-refractivity contribution in [3.63, 3.8) is 0 Å². The maximum Gasteiger partial charge on any atom is 0.254 e. The molecule has 1 heterocycles. The van der Waals surface area contributed by atoms with Gasteiger partial charge in [-0.15, -0.1) is 11.8 Å². The Hall–Kier alpha value is -2.76. The number of anilines is 1. The lowest BCUT2D eigenvalue weighted by Crippen LogP contribution is -2.30. The molecule has 5 heteroatoms. The molecule has 0 aromatic heterocycles. The van der Waals surface area contributed by atoms with E-state index in [1.165, 1.54) is 11.8 Å². The molecule has 136 valence electrons. The topological polar surface area (TPSA) is 58.6 Å². The van der Waals surface area contributed by atoms with E-state index in [1.54, 1.807) is 0 Å². The molecule has 4 rings (SSSR count). The highest BCUT2D eigenvalue weighted by Crippen LogP contribution is 2.43. The minimum Gasteiger partial charge on any atom is -0.489 e. The van der Waals surface area contributed by atoms with Crippen molar-refractivity contribution in [2.45, 2.75) is 22.9 Å². The molecule has 3 aromatic rings. The van der Waals surface area contributed by atoms with Crippen LogP contribution in [-0.4, -0.2) is 17.1 Å². The van der Waals surface area contributed by atoms with Crippen molar-refractivity contribution in [1.29, 1.82) is 0 Å². The second-order valence-corrected chi connectivity index (χ2v) is 7.50. The lowest BCUT2D eigenvalue weighted by molar-refractivity contribution is -0.124. The van der Waals surface area contributed by atoms with Crippen LogP contribution in [0.5, 0.6) is 5.75 Å². The molecular weight excluding hydrogens is 358 g/mol. The van der Waals surface area contributed by atoms with Crippen LogP contribution in [0.2, 0.25) is 0 Å². The van der Waals surface area contributed by atoms with Gasteiger partial charge in [0.25, 0.3) is 5.91 Å². The second-order valence-electron chi connectivity index (χ2n) is 6.31. The third-order valence-electron chi connectivity index (χ3n) is 4.41. The molecule has 0 aliphatic carbocycles. The van der Waals surface area contributed by atoms with Gasteiger partial charge in [-0.25, -0.2) is 0 Å². The lowest BCUT2D eigenvalue weighted by atomic mass is 10.1. The second kappa shape index (κ2) is 7.86. The zero-order valence-electron chi connectivity index (χ0n) is 14.5. The summed E-state index contributed by atoms with van der Waals surface area (Å²) in [6.45, 7) is 0.497. The predicted molar refractivity (Wildman–Crippen MR) is 107 cm³/mol. The zero-order valence-corrected chi connectivity index (χ0v) is 15.4. The number of aliphatic hydroxyl groups is 1. The summed E-state index contributed by atoms with van der Waals surface area (Å²) in [5, 5.41) is 12.9. The van der Waals surface area contributed by atoms with Crippen LogP contribution in [0, 0.1) is 0 Å². The van der Waals surface area contributed by atoms with Crippen LogP contribution in [0.15, 0.2) is 83.8 Å². The summed E-state index contributed by atoms with van der Waals surface area (Å²) in [6, 6.07) is 25.1. The molecule has 1 aliphatic rings. The summed E-state index contributed by atoms with van der Waals surface area (Å²) in [5.41, 5.74) is 2.72. The Labute approximate surface area is 162 Å². The first-order chi connectivity index (χ1) is 13.2. The lowest BCUT2D eigenvalue weighted by Gasteiger charge is -2.19. The molecule has 1 aliphatic heterocycles. The summed E-state index contributed by atoms with van der Waals surface area (Å²) < 4.78 is 5.81. The van der Waals surface area contributed by atoms with Gasteiger partial charge in [0.1, 0.15) is 18.5 Å². The Bertz CT molecular complexity index is 928. The van der Waals surface area contributed by atoms with Crippen molar-refractivity contribution in [3.8, 4) is 5.75 Å². The van der Waals surface area contributed by atoms with E-state index in [0.29, 0.717) is 6.61 Å². The van der Waals surface area contributed by atoms with Crippen LogP contribution in [0.4, 0.5) is 5.69 Å². The molecule has 0 saturated carbocycles. The third-order valence-corrected chi connectivity index (χ3v) is 5.81. The standard InChI is InChI=1S/C22H19NO3S/c24-20-21(27-19-9-5-4-8-18(19)23-22(20)25)16-10-12-17(13-11-16)26-14-15-6-2-1-3-7-15/h1-13,20-21,24H,14H2,(H,23,25)/t20-,21+/m0/s1. The minimum atomic E-state index is -1.13. The number of amides is 1. The van der Waals surface area contributed by atoms with Crippen molar-refractivity contribution in [2.75, 3.05) is 5.32 Å². The molecule has 1 amide bonds. The Balaban J connectivity index is 1.51. The number of carbonyl (C=O) groups excluding carboxylic acids is 1. The molecule has 0 fully saturated rings. The summed E-state index contributed by atoms with van der Waals surface area (Å²) in [7, 11) is 0. The van der Waals surface area contributed by atoms with E-state index in [0.717, 1.165) is 27.5 Å². The molecule has 0 spiro atoms. The Morgan fingerprint density at radius 1 is 0.926 bits per heavy atom. The van der Waals surface area contributed by atoms with E-state index in [9.17, 15) is 9.90 Å². The molecule has 27 heavy (non-hydrogen) atoms. The number of aliphatic hydroxyl groups excluding tert-OH is 1. The van der Waals surface area contributed by atoms with Crippen LogP contribution < -0.4 is 10.1 Å². The number of nitrogens with one attached hydrogen (secondary N) is 1. The highest BCUT2D eigenvalue weighted by molar-refractivity contribution is 7.99. The van der Waals surface area contributed by atoms with Gasteiger partial charge in [0, 0.05) is 4.90 Å². The molecule has 2 atom stereocenters.